The second kappa shape index (κ2) is 7.29. The zero-order chi connectivity index (χ0) is 22.7. The van der Waals surface area contributed by atoms with Crippen LogP contribution in [0.2, 0.25) is 0 Å². The molecule has 2 aromatic rings. The highest BCUT2D eigenvalue weighted by atomic mass is 19.3. The van der Waals surface area contributed by atoms with E-state index < -0.39 is 17.4 Å². The van der Waals surface area contributed by atoms with E-state index in [0.29, 0.717) is 31.4 Å². The second-order valence-electron chi connectivity index (χ2n) is 9.42. The van der Waals surface area contributed by atoms with Crippen molar-refractivity contribution in [1.29, 1.82) is 0 Å². The van der Waals surface area contributed by atoms with Crippen LogP contribution in [0.1, 0.15) is 56.7 Å². The van der Waals surface area contributed by atoms with E-state index in [2.05, 4.69) is 0 Å². The standard InChI is InChI=1S/C25H26F2N2O3/c1-24(2)21(16-8-4-3-5-9-16)29(23(31)32-24)18-14-12-17(13-15-18)28-20-11-7-6-10-19(20)25(26,27)22(28)30/h3-11,17-18,21H,12-15H2,1-2H3/t17-,18-,21-/m0/s1. The number of nitrogens with zero attached hydrogens (tertiary/aromatic N) is 2. The Morgan fingerprint density at radius 2 is 1.47 bits per heavy atom. The highest BCUT2D eigenvalue weighted by Crippen LogP contribution is 2.48. The van der Waals surface area contributed by atoms with Crippen LogP contribution in [0, 0.1) is 0 Å². The molecule has 2 aromatic carbocycles. The SMILES string of the molecule is CC1(C)OC(=O)N([C@H]2CC[C@H](N3C(=O)C(F)(F)c4ccccc43)CC2)[C@H]1c1ccccc1. The van der Waals surface area contributed by atoms with Gasteiger partial charge >= 0.3 is 17.9 Å². The number of benzene rings is 2. The summed E-state index contributed by atoms with van der Waals surface area (Å²) < 4.78 is 34.9. The van der Waals surface area contributed by atoms with Crippen molar-refractivity contribution < 1.29 is 23.1 Å². The average Bonchev–Trinajstić information content (AvgIpc) is 3.14. The summed E-state index contributed by atoms with van der Waals surface area (Å²) in [7, 11) is 0. The molecule has 7 heteroatoms. The number of amides is 2. The molecule has 1 aliphatic carbocycles. The summed E-state index contributed by atoms with van der Waals surface area (Å²) in [5.41, 5.74) is 0.408. The van der Waals surface area contributed by atoms with Crippen LogP contribution < -0.4 is 4.90 Å². The first kappa shape index (κ1) is 20.9. The fraction of sp³-hybridized carbons (Fsp3) is 0.440. The number of carbonyl (C=O) groups excluding carboxylic acids is 2. The number of para-hydroxylation sites is 1. The van der Waals surface area contributed by atoms with E-state index in [4.69, 9.17) is 4.74 Å². The molecule has 0 bridgehead atoms. The first-order valence-electron chi connectivity index (χ1n) is 11.1. The molecule has 5 rings (SSSR count). The first-order chi connectivity index (χ1) is 15.2. The third-order valence-electron chi connectivity index (χ3n) is 7.03. The number of halogens is 2. The number of hydrogen-bond acceptors (Lipinski definition) is 3. The van der Waals surface area contributed by atoms with Gasteiger partial charge in [-0.1, -0.05) is 48.5 Å². The van der Waals surface area contributed by atoms with Gasteiger partial charge in [0, 0.05) is 12.1 Å². The number of fused-ring (bicyclic) bond motifs is 1. The molecule has 0 spiro atoms. The highest BCUT2D eigenvalue weighted by molar-refractivity contribution is 6.06. The quantitative estimate of drug-likeness (QED) is 0.641. The second-order valence-corrected chi connectivity index (χ2v) is 9.42. The summed E-state index contributed by atoms with van der Waals surface area (Å²) in [6, 6.07) is 15.3. The van der Waals surface area contributed by atoms with E-state index in [1.54, 1.807) is 12.1 Å². The third-order valence-corrected chi connectivity index (χ3v) is 7.03. The average molecular weight is 440 g/mol. The Morgan fingerprint density at radius 1 is 0.875 bits per heavy atom. The van der Waals surface area contributed by atoms with Crippen LogP contribution in [0.4, 0.5) is 19.3 Å². The third kappa shape index (κ3) is 3.09. The Hall–Kier alpha value is -2.96. The van der Waals surface area contributed by atoms with Crippen molar-refractivity contribution >= 4 is 17.7 Å². The Labute approximate surface area is 186 Å². The zero-order valence-corrected chi connectivity index (χ0v) is 18.1. The smallest absolute Gasteiger partial charge is 0.411 e. The summed E-state index contributed by atoms with van der Waals surface area (Å²) in [5, 5.41) is 0. The lowest BCUT2D eigenvalue weighted by Gasteiger charge is -2.40. The molecule has 1 saturated carbocycles. The summed E-state index contributed by atoms with van der Waals surface area (Å²) in [5.74, 6) is -4.64. The van der Waals surface area contributed by atoms with Gasteiger partial charge in [-0.05, 0) is 51.2 Å². The van der Waals surface area contributed by atoms with E-state index >= 15 is 0 Å². The van der Waals surface area contributed by atoms with Gasteiger partial charge < -0.3 is 9.64 Å². The molecule has 1 atom stereocenters. The number of alkyl halides is 2. The molecule has 3 aliphatic rings. The molecule has 1 saturated heterocycles. The number of ether oxygens (including phenoxy) is 1. The van der Waals surface area contributed by atoms with Crippen LogP contribution >= 0.6 is 0 Å². The fourth-order valence-electron chi connectivity index (χ4n) is 5.61. The molecule has 2 aliphatic heterocycles. The minimum Gasteiger partial charge on any atom is -0.441 e. The summed E-state index contributed by atoms with van der Waals surface area (Å²) >= 11 is 0. The molecule has 2 amide bonds. The largest absolute Gasteiger partial charge is 0.441 e. The van der Waals surface area contributed by atoms with Crippen LogP contribution in [0.5, 0.6) is 0 Å². The summed E-state index contributed by atoms with van der Waals surface area (Å²) in [4.78, 5) is 28.5. The molecule has 0 unspecified atom stereocenters. The van der Waals surface area contributed by atoms with E-state index in [9.17, 15) is 18.4 Å². The molecule has 2 fully saturated rings. The monoisotopic (exact) mass is 440 g/mol. The number of carbonyl (C=O) groups is 2. The van der Waals surface area contributed by atoms with Gasteiger partial charge in [-0.3, -0.25) is 9.69 Å². The molecule has 0 aromatic heterocycles. The van der Waals surface area contributed by atoms with Crippen LogP contribution in [-0.2, 0) is 15.5 Å². The topological polar surface area (TPSA) is 49.9 Å². The van der Waals surface area contributed by atoms with Gasteiger partial charge in [0.15, 0.2) is 0 Å². The van der Waals surface area contributed by atoms with Crippen molar-refractivity contribution in [3.05, 3.63) is 65.7 Å². The Balaban J connectivity index is 1.37. The Morgan fingerprint density at radius 3 is 2.16 bits per heavy atom. The van der Waals surface area contributed by atoms with Gasteiger partial charge in [0.05, 0.1) is 17.3 Å². The number of cyclic esters (lactones) is 1. The minimum absolute atomic E-state index is 0.0702. The van der Waals surface area contributed by atoms with Crippen molar-refractivity contribution in [1.82, 2.24) is 4.90 Å². The maximum atomic E-state index is 14.6. The number of anilines is 1. The van der Waals surface area contributed by atoms with Crippen LogP contribution in [0.15, 0.2) is 54.6 Å². The first-order valence-corrected chi connectivity index (χ1v) is 11.1. The van der Waals surface area contributed by atoms with Crippen molar-refractivity contribution in [2.45, 2.75) is 69.2 Å². The van der Waals surface area contributed by atoms with Crippen LogP contribution in [0.25, 0.3) is 0 Å². The summed E-state index contributed by atoms with van der Waals surface area (Å²) in [6.07, 6.45) is 1.99. The van der Waals surface area contributed by atoms with Gasteiger partial charge in [-0.15, -0.1) is 0 Å². The van der Waals surface area contributed by atoms with Gasteiger partial charge in [-0.2, -0.15) is 8.78 Å². The molecule has 168 valence electrons. The molecule has 0 radical (unpaired) electrons. The lowest BCUT2D eigenvalue weighted by molar-refractivity contribution is -0.142. The predicted octanol–water partition coefficient (Wildman–Crippen LogP) is 5.41. The normalized spacial score (nSPS) is 28.6. The maximum absolute atomic E-state index is 14.6. The van der Waals surface area contributed by atoms with Crippen molar-refractivity contribution in [3.8, 4) is 0 Å². The Kier molecular flexibility index (Phi) is 4.76. The van der Waals surface area contributed by atoms with Gasteiger partial charge in [-0.25, -0.2) is 4.79 Å². The fourth-order valence-corrected chi connectivity index (χ4v) is 5.61. The van der Waals surface area contributed by atoms with Crippen molar-refractivity contribution in [3.63, 3.8) is 0 Å². The number of rotatable bonds is 3. The number of hydrogen-bond donors (Lipinski definition) is 0. The molecule has 32 heavy (non-hydrogen) atoms. The zero-order valence-electron chi connectivity index (χ0n) is 18.1. The predicted molar refractivity (Wildman–Crippen MR) is 115 cm³/mol. The van der Waals surface area contributed by atoms with E-state index in [1.807, 2.05) is 49.1 Å². The van der Waals surface area contributed by atoms with Crippen molar-refractivity contribution in [2.75, 3.05) is 4.90 Å². The maximum Gasteiger partial charge on any atom is 0.411 e. The lowest BCUT2D eigenvalue weighted by Crippen LogP contribution is -2.48. The highest BCUT2D eigenvalue weighted by Gasteiger charge is 2.56. The van der Waals surface area contributed by atoms with Crippen LogP contribution in [-0.4, -0.2) is 34.6 Å². The van der Waals surface area contributed by atoms with E-state index in [1.165, 1.54) is 17.0 Å². The minimum atomic E-state index is -3.49. The Bertz CT molecular complexity index is 1050. The van der Waals surface area contributed by atoms with E-state index in [-0.39, 0.29) is 29.8 Å². The van der Waals surface area contributed by atoms with Gasteiger partial charge in [0.25, 0.3) is 0 Å². The van der Waals surface area contributed by atoms with E-state index in [0.717, 1.165) is 5.56 Å². The molecular weight excluding hydrogens is 414 g/mol. The molecule has 5 nitrogen and oxygen atoms in total. The molecule has 0 N–H and O–H groups in total. The molecule has 2 heterocycles. The molecular formula is C25H26F2N2O3. The van der Waals surface area contributed by atoms with Crippen LogP contribution in [0.3, 0.4) is 0 Å². The van der Waals surface area contributed by atoms with Crippen molar-refractivity contribution in [2.24, 2.45) is 0 Å². The lowest BCUT2D eigenvalue weighted by atomic mass is 9.85. The van der Waals surface area contributed by atoms with Gasteiger partial charge in [0.1, 0.15) is 5.60 Å². The summed E-state index contributed by atoms with van der Waals surface area (Å²) in [6.45, 7) is 3.83. The van der Waals surface area contributed by atoms with Gasteiger partial charge in [0.2, 0.25) is 0 Å².